The van der Waals surface area contributed by atoms with Gasteiger partial charge in [0.2, 0.25) is 0 Å². The molecule has 2 nitrogen and oxygen atoms in total. The number of carbonyl (C=O) groups excluding carboxylic acids is 1. The number of rotatable bonds is 4. The van der Waals surface area contributed by atoms with E-state index < -0.39 is 0 Å². The van der Waals surface area contributed by atoms with E-state index in [9.17, 15) is 4.79 Å². The molecule has 0 bridgehead atoms. The number of Topliss-reactive ketones (excluding diaryl/α,β-unsaturated/α-hetero) is 1. The van der Waals surface area contributed by atoms with Crippen LogP contribution in [0.15, 0.2) is 0 Å². The lowest BCUT2D eigenvalue weighted by molar-refractivity contribution is -0.129. The standard InChI is InChI=1S/C13H25NO/c1-5-14-13(3,4)12(15)11-8-6-7-10(2)9-11/h10-11,14H,5-9H2,1-4H3. The van der Waals surface area contributed by atoms with Gasteiger partial charge in [-0.15, -0.1) is 0 Å². The smallest absolute Gasteiger partial charge is 0.155 e. The Morgan fingerprint density at radius 1 is 1.40 bits per heavy atom. The summed E-state index contributed by atoms with van der Waals surface area (Å²) in [5.74, 6) is 1.43. The molecule has 88 valence electrons. The Balaban J connectivity index is 2.58. The lowest BCUT2D eigenvalue weighted by Gasteiger charge is -2.33. The van der Waals surface area contributed by atoms with Crippen molar-refractivity contribution in [3.8, 4) is 0 Å². The zero-order valence-corrected chi connectivity index (χ0v) is 10.6. The third-order valence-corrected chi connectivity index (χ3v) is 3.54. The number of hydrogen-bond donors (Lipinski definition) is 1. The van der Waals surface area contributed by atoms with E-state index in [1.54, 1.807) is 0 Å². The maximum atomic E-state index is 12.3. The Hall–Kier alpha value is -0.370. The fourth-order valence-corrected chi connectivity index (χ4v) is 2.71. The predicted molar refractivity (Wildman–Crippen MR) is 63.9 cm³/mol. The van der Waals surface area contributed by atoms with Crippen LogP contribution in [0, 0.1) is 11.8 Å². The molecule has 2 unspecified atom stereocenters. The minimum Gasteiger partial charge on any atom is -0.306 e. The highest BCUT2D eigenvalue weighted by molar-refractivity contribution is 5.89. The van der Waals surface area contributed by atoms with Crippen LogP contribution in [-0.2, 0) is 4.79 Å². The van der Waals surface area contributed by atoms with Crippen LogP contribution in [0.1, 0.15) is 53.4 Å². The van der Waals surface area contributed by atoms with E-state index in [4.69, 9.17) is 0 Å². The summed E-state index contributed by atoms with van der Waals surface area (Å²) in [6.07, 6.45) is 4.71. The zero-order chi connectivity index (χ0) is 11.5. The second-order valence-corrected chi connectivity index (χ2v) is 5.49. The molecule has 0 radical (unpaired) electrons. The van der Waals surface area contributed by atoms with Gasteiger partial charge in [-0.2, -0.15) is 0 Å². The molecule has 0 aromatic rings. The Labute approximate surface area is 93.8 Å². The Bertz CT molecular complexity index is 223. The average molecular weight is 211 g/mol. The van der Waals surface area contributed by atoms with Gasteiger partial charge in [-0.05, 0) is 39.2 Å². The van der Waals surface area contributed by atoms with Crippen LogP contribution in [0.3, 0.4) is 0 Å². The van der Waals surface area contributed by atoms with Gasteiger partial charge in [0.25, 0.3) is 0 Å². The third kappa shape index (κ3) is 3.30. The summed E-state index contributed by atoms with van der Waals surface area (Å²) in [4.78, 5) is 12.3. The van der Waals surface area contributed by atoms with Gasteiger partial charge in [0.05, 0.1) is 5.54 Å². The minimum absolute atomic E-state index is 0.294. The summed E-state index contributed by atoms with van der Waals surface area (Å²) < 4.78 is 0. The van der Waals surface area contributed by atoms with E-state index in [1.807, 2.05) is 13.8 Å². The molecule has 2 atom stereocenters. The van der Waals surface area contributed by atoms with Gasteiger partial charge in [0.15, 0.2) is 5.78 Å². The summed E-state index contributed by atoms with van der Waals surface area (Å²) in [7, 11) is 0. The normalized spacial score (nSPS) is 27.7. The molecule has 0 spiro atoms. The SMILES string of the molecule is CCNC(C)(C)C(=O)C1CCCC(C)C1. The maximum Gasteiger partial charge on any atom is 0.155 e. The van der Waals surface area contributed by atoms with E-state index in [1.165, 1.54) is 12.8 Å². The van der Waals surface area contributed by atoms with Gasteiger partial charge in [0.1, 0.15) is 0 Å². The second kappa shape index (κ2) is 5.11. The molecule has 15 heavy (non-hydrogen) atoms. The molecule has 2 heteroatoms. The lowest BCUT2D eigenvalue weighted by Crippen LogP contribution is -2.50. The molecule has 1 aliphatic carbocycles. The van der Waals surface area contributed by atoms with Crippen molar-refractivity contribution < 1.29 is 4.79 Å². The minimum atomic E-state index is -0.337. The Morgan fingerprint density at radius 2 is 2.07 bits per heavy atom. The van der Waals surface area contributed by atoms with Gasteiger partial charge in [-0.1, -0.05) is 26.7 Å². The van der Waals surface area contributed by atoms with Crippen LogP contribution in [0.4, 0.5) is 0 Å². The van der Waals surface area contributed by atoms with Gasteiger partial charge >= 0.3 is 0 Å². The zero-order valence-electron chi connectivity index (χ0n) is 10.6. The largest absolute Gasteiger partial charge is 0.306 e. The summed E-state index contributed by atoms with van der Waals surface area (Å²) in [6.45, 7) is 9.20. The van der Waals surface area contributed by atoms with Gasteiger partial charge in [-0.3, -0.25) is 4.79 Å². The maximum absolute atomic E-state index is 12.3. The molecule has 1 saturated carbocycles. The van der Waals surface area contributed by atoms with E-state index in [-0.39, 0.29) is 5.54 Å². The monoisotopic (exact) mass is 211 g/mol. The van der Waals surface area contributed by atoms with Gasteiger partial charge < -0.3 is 5.32 Å². The topological polar surface area (TPSA) is 29.1 Å². The first kappa shape index (κ1) is 12.7. The molecule has 1 N–H and O–H groups in total. The summed E-state index contributed by atoms with van der Waals surface area (Å²) >= 11 is 0. The summed E-state index contributed by atoms with van der Waals surface area (Å²) in [5, 5.41) is 3.28. The molecule has 0 heterocycles. The molecule has 0 aliphatic heterocycles. The highest BCUT2D eigenvalue weighted by atomic mass is 16.1. The van der Waals surface area contributed by atoms with Crippen LogP contribution in [0.25, 0.3) is 0 Å². The second-order valence-electron chi connectivity index (χ2n) is 5.49. The highest BCUT2D eigenvalue weighted by Crippen LogP contribution is 2.31. The van der Waals surface area contributed by atoms with Gasteiger partial charge in [-0.25, -0.2) is 0 Å². The van der Waals surface area contributed by atoms with Crippen molar-refractivity contribution in [2.24, 2.45) is 11.8 Å². The van der Waals surface area contributed by atoms with E-state index in [0.29, 0.717) is 11.7 Å². The molecule has 1 rings (SSSR count). The molecule has 1 aliphatic rings. The lowest BCUT2D eigenvalue weighted by atomic mass is 9.76. The molecule has 0 amide bonds. The fourth-order valence-electron chi connectivity index (χ4n) is 2.71. The van der Waals surface area contributed by atoms with Crippen molar-refractivity contribution in [1.29, 1.82) is 0 Å². The average Bonchev–Trinajstić information content (AvgIpc) is 2.16. The predicted octanol–water partition coefficient (Wildman–Crippen LogP) is 2.77. The van der Waals surface area contributed by atoms with Crippen molar-refractivity contribution in [2.45, 2.75) is 58.9 Å². The molecule has 0 aromatic carbocycles. The van der Waals surface area contributed by atoms with Crippen molar-refractivity contribution in [3.63, 3.8) is 0 Å². The van der Waals surface area contributed by atoms with Crippen LogP contribution >= 0.6 is 0 Å². The highest BCUT2D eigenvalue weighted by Gasteiger charge is 2.34. The van der Waals surface area contributed by atoms with Crippen LogP contribution < -0.4 is 5.32 Å². The Morgan fingerprint density at radius 3 is 2.60 bits per heavy atom. The van der Waals surface area contributed by atoms with Gasteiger partial charge in [0, 0.05) is 5.92 Å². The fraction of sp³-hybridized carbons (Fsp3) is 0.923. The van der Waals surface area contributed by atoms with E-state index in [0.717, 1.165) is 25.3 Å². The summed E-state index contributed by atoms with van der Waals surface area (Å²) in [5.41, 5.74) is -0.337. The van der Waals surface area contributed by atoms with Crippen LogP contribution in [0.2, 0.25) is 0 Å². The molecule has 0 saturated heterocycles. The first-order valence-corrected chi connectivity index (χ1v) is 6.26. The first-order chi connectivity index (χ1) is 6.97. The molecule has 0 aromatic heterocycles. The van der Waals surface area contributed by atoms with Crippen molar-refractivity contribution in [2.75, 3.05) is 6.54 Å². The van der Waals surface area contributed by atoms with Crippen LogP contribution in [0.5, 0.6) is 0 Å². The molecule has 1 fully saturated rings. The van der Waals surface area contributed by atoms with Crippen molar-refractivity contribution >= 4 is 5.78 Å². The third-order valence-electron chi connectivity index (χ3n) is 3.54. The number of carbonyl (C=O) groups is 1. The van der Waals surface area contributed by atoms with E-state index >= 15 is 0 Å². The Kier molecular flexibility index (Phi) is 4.32. The quantitative estimate of drug-likeness (QED) is 0.774. The number of nitrogens with one attached hydrogen (secondary N) is 1. The number of hydrogen-bond acceptors (Lipinski definition) is 2. The van der Waals surface area contributed by atoms with Crippen LogP contribution in [-0.4, -0.2) is 17.9 Å². The van der Waals surface area contributed by atoms with E-state index in [2.05, 4.69) is 19.2 Å². The molecular weight excluding hydrogens is 186 g/mol. The summed E-state index contributed by atoms with van der Waals surface area (Å²) in [6, 6.07) is 0. The molecular formula is C13H25NO. The van der Waals surface area contributed by atoms with Crippen molar-refractivity contribution in [1.82, 2.24) is 5.32 Å². The number of likely N-dealkylation sites (N-methyl/N-ethyl adjacent to an activating group) is 1. The number of ketones is 1. The first-order valence-electron chi connectivity index (χ1n) is 6.26. The van der Waals surface area contributed by atoms with Crippen molar-refractivity contribution in [3.05, 3.63) is 0 Å².